The van der Waals surface area contributed by atoms with Gasteiger partial charge in [0.05, 0.1) is 12.2 Å². The highest BCUT2D eigenvalue weighted by atomic mass is 35.5. The van der Waals surface area contributed by atoms with Crippen molar-refractivity contribution < 1.29 is 4.79 Å². The number of anilines is 1. The summed E-state index contributed by atoms with van der Waals surface area (Å²) in [5.74, 6) is 0.529. The van der Waals surface area contributed by atoms with Gasteiger partial charge in [-0.2, -0.15) is 5.10 Å². The number of carbonyl (C=O) groups is 1. The van der Waals surface area contributed by atoms with Gasteiger partial charge in [-0.3, -0.25) is 9.48 Å². The molecule has 118 valence electrons. The number of halogens is 2. The van der Waals surface area contributed by atoms with Crippen molar-refractivity contribution in [2.75, 3.05) is 11.9 Å². The fraction of sp³-hybridized carbons (Fsp3) is 0.333. The Kier molecular flexibility index (Phi) is 5.45. The molecule has 0 radical (unpaired) electrons. The van der Waals surface area contributed by atoms with Gasteiger partial charge in [0.2, 0.25) is 5.91 Å². The third-order valence-electron chi connectivity index (χ3n) is 3.27. The second-order valence-corrected chi connectivity index (χ2v) is 5.95. The molecule has 2 rings (SSSR count). The van der Waals surface area contributed by atoms with Crippen molar-refractivity contribution >= 4 is 34.9 Å². The zero-order valence-electron chi connectivity index (χ0n) is 12.7. The van der Waals surface area contributed by atoms with Gasteiger partial charge in [0.15, 0.2) is 0 Å². The number of hydrogen-bond acceptors (Lipinski definition) is 3. The standard InChI is InChI=1S/C15H18Cl2N4O/c1-9-6-14(21(3)20-9)19-15(22)8-18-10(2)12-5-4-11(16)7-13(12)17/h4-7,10,18H,8H2,1-3H3,(H,19,22). The zero-order valence-corrected chi connectivity index (χ0v) is 14.2. The van der Waals surface area contributed by atoms with Crippen molar-refractivity contribution in [2.45, 2.75) is 19.9 Å². The molecular weight excluding hydrogens is 323 g/mol. The number of benzene rings is 1. The number of nitrogens with one attached hydrogen (secondary N) is 2. The van der Waals surface area contributed by atoms with Crippen molar-refractivity contribution in [3.05, 3.63) is 45.6 Å². The van der Waals surface area contributed by atoms with Crippen LogP contribution in [0.4, 0.5) is 5.82 Å². The van der Waals surface area contributed by atoms with Gasteiger partial charge in [0.25, 0.3) is 0 Å². The molecule has 0 saturated heterocycles. The van der Waals surface area contributed by atoms with Crippen LogP contribution in [0, 0.1) is 6.92 Å². The molecule has 5 nitrogen and oxygen atoms in total. The topological polar surface area (TPSA) is 59.0 Å². The lowest BCUT2D eigenvalue weighted by molar-refractivity contribution is -0.115. The smallest absolute Gasteiger partial charge is 0.239 e. The highest BCUT2D eigenvalue weighted by Gasteiger charge is 2.12. The molecule has 1 unspecified atom stereocenters. The number of rotatable bonds is 5. The van der Waals surface area contributed by atoms with E-state index in [2.05, 4.69) is 15.7 Å². The lowest BCUT2D eigenvalue weighted by Crippen LogP contribution is -2.30. The Hall–Kier alpha value is -1.56. The van der Waals surface area contributed by atoms with E-state index in [1.165, 1.54) is 0 Å². The lowest BCUT2D eigenvalue weighted by atomic mass is 10.1. The molecule has 1 aromatic carbocycles. The second-order valence-electron chi connectivity index (χ2n) is 5.11. The average molecular weight is 341 g/mol. The maximum atomic E-state index is 12.0. The number of carbonyl (C=O) groups excluding carboxylic acids is 1. The van der Waals surface area contributed by atoms with Crippen LogP contribution in [-0.2, 0) is 11.8 Å². The number of hydrogen-bond donors (Lipinski definition) is 2. The first-order chi connectivity index (χ1) is 10.4. The Morgan fingerprint density at radius 2 is 2.09 bits per heavy atom. The van der Waals surface area contributed by atoms with Gasteiger partial charge in [-0.05, 0) is 31.5 Å². The van der Waals surface area contributed by atoms with Crippen molar-refractivity contribution in [1.82, 2.24) is 15.1 Å². The van der Waals surface area contributed by atoms with Crippen LogP contribution in [0.15, 0.2) is 24.3 Å². The van der Waals surface area contributed by atoms with Crippen LogP contribution in [0.5, 0.6) is 0 Å². The molecule has 1 atom stereocenters. The van der Waals surface area contributed by atoms with Crippen LogP contribution < -0.4 is 10.6 Å². The molecule has 2 N–H and O–H groups in total. The van der Waals surface area contributed by atoms with E-state index in [1.807, 2.05) is 26.0 Å². The van der Waals surface area contributed by atoms with Gasteiger partial charge in [-0.15, -0.1) is 0 Å². The summed E-state index contributed by atoms with van der Waals surface area (Å²) in [6, 6.07) is 7.07. The summed E-state index contributed by atoms with van der Waals surface area (Å²) < 4.78 is 1.63. The molecule has 1 heterocycles. The molecule has 1 aromatic heterocycles. The van der Waals surface area contributed by atoms with E-state index >= 15 is 0 Å². The van der Waals surface area contributed by atoms with Gasteiger partial charge >= 0.3 is 0 Å². The minimum absolute atomic E-state index is 0.0659. The van der Waals surface area contributed by atoms with E-state index in [0.29, 0.717) is 15.9 Å². The second kappa shape index (κ2) is 7.13. The van der Waals surface area contributed by atoms with Crippen LogP contribution in [0.25, 0.3) is 0 Å². The molecule has 22 heavy (non-hydrogen) atoms. The van der Waals surface area contributed by atoms with Crippen molar-refractivity contribution in [1.29, 1.82) is 0 Å². The van der Waals surface area contributed by atoms with Gasteiger partial charge in [0, 0.05) is 29.2 Å². The predicted molar refractivity (Wildman–Crippen MR) is 89.5 cm³/mol. The molecule has 7 heteroatoms. The van der Waals surface area contributed by atoms with Gasteiger partial charge in [-0.1, -0.05) is 29.3 Å². The summed E-state index contributed by atoms with van der Waals surface area (Å²) in [6.45, 7) is 3.99. The molecule has 0 bridgehead atoms. The lowest BCUT2D eigenvalue weighted by Gasteiger charge is -2.15. The Labute approximate surface area is 139 Å². The summed E-state index contributed by atoms with van der Waals surface area (Å²) in [7, 11) is 1.78. The maximum Gasteiger partial charge on any atom is 0.239 e. The van der Waals surface area contributed by atoms with Crippen LogP contribution in [0.2, 0.25) is 10.0 Å². The van der Waals surface area contributed by atoms with E-state index in [1.54, 1.807) is 23.9 Å². The Balaban J connectivity index is 1.91. The van der Waals surface area contributed by atoms with E-state index < -0.39 is 0 Å². The zero-order chi connectivity index (χ0) is 16.3. The minimum atomic E-state index is -0.139. The predicted octanol–water partition coefficient (Wildman–Crippen LogP) is 3.32. The molecule has 0 fully saturated rings. The maximum absolute atomic E-state index is 12.0. The number of amides is 1. The fourth-order valence-electron chi connectivity index (χ4n) is 2.12. The number of aromatic nitrogens is 2. The quantitative estimate of drug-likeness (QED) is 0.877. The van der Waals surface area contributed by atoms with Gasteiger partial charge in [-0.25, -0.2) is 0 Å². The Bertz CT molecular complexity index is 684. The van der Waals surface area contributed by atoms with Gasteiger partial charge < -0.3 is 10.6 Å². The monoisotopic (exact) mass is 340 g/mol. The summed E-state index contributed by atoms with van der Waals surface area (Å²) in [5.41, 5.74) is 1.75. The van der Waals surface area contributed by atoms with E-state index in [0.717, 1.165) is 11.3 Å². The number of aryl methyl sites for hydroxylation is 2. The van der Waals surface area contributed by atoms with Crippen molar-refractivity contribution in [2.24, 2.45) is 7.05 Å². The normalized spacial score (nSPS) is 12.2. The number of nitrogens with zero attached hydrogens (tertiary/aromatic N) is 2. The molecular formula is C15H18Cl2N4O. The Morgan fingerprint density at radius 3 is 2.68 bits per heavy atom. The van der Waals surface area contributed by atoms with Gasteiger partial charge in [0.1, 0.15) is 5.82 Å². The summed E-state index contributed by atoms with van der Waals surface area (Å²) in [5, 5.41) is 11.3. The van der Waals surface area contributed by atoms with Crippen LogP contribution in [0.1, 0.15) is 24.2 Å². The third-order valence-corrected chi connectivity index (χ3v) is 3.83. The van der Waals surface area contributed by atoms with E-state index in [9.17, 15) is 4.79 Å². The highest BCUT2D eigenvalue weighted by Crippen LogP contribution is 2.25. The Morgan fingerprint density at radius 1 is 1.36 bits per heavy atom. The molecule has 0 saturated carbocycles. The fourth-order valence-corrected chi connectivity index (χ4v) is 2.70. The first kappa shape index (κ1) is 16.8. The summed E-state index contributed by atoms with van der Waals surface area (Å²) in [4.78, 5) is 12.0. The first-order valence-electron chi connectivity index (χ1n) is 6.85. The first-order valence-corrected chi connectivity index (χ1v) is 7.61. The minimum Gasteiger partial charge on any atom is -0.310 e. The van der Waals surface area contributed by atoms with E-state index in [-0.39, 0.29) is 18.5 Å². The van der Waals surface area contributed by atoms with E-state index in [4.69, 9.17) is 23.2 Å². The molecule has 1 amide bonds. The molecule has 0 aliphatic carbocycles. The average Bonchev–Trinajstić information content (AvgIpc) is 2.74. The SMILES string of the molecule is Cc1cc(NC(=O)CNC(C)c2ccc(Cl)cc2Cl)n(C)n1. The third kappa shape index (κ3) is 4.22. The molecule has 0 aliphatic heterocycles. The molecule has 2 aromatic rings. The summed E-state index contributed by atoms with van der Waals surface area (Å²) in [6.07, 6.45) is 0. The highest BCUT2D eigenvalue weighted by molar-refractivity contribution is 6.35. The summed E-state index contributed by atoms with van der Waals surface area (Å²) >= 11 is 12.0. The van der Waals surface area contributed by atoms with Crippen LogP contribution in [0.3, 0.4) is 0 Å². The molecule has 0 aliphatic rings. The van der Waals surface area contributed by atoms with Crippen LogP contribution >= 0.6 is 23.2 Å². The molecule has 0 spiro atoms. The largest absolute Gasteiger partial charge is 0.310 e. The van der Waals surface area contributed by atoms with Crippen LogP contribution in [-0.4, -0.2) is 22.2 Å². The van der Waals surface area contributed by atoms with Crippen molar-refractivity contribution in [3.8, 4) is 0 Å². The van der Waals surface area contributed by atoms with Crippen molar-refractivity contribution in [3.63, 3.8) is 0 Å².